The standard InChI is InChI=1S/C8H11F2NO/c1-4-5-7(11-6(2)3)12-8(9)10/h4-5,8H,2H2,1,3H3/b5-4-,11-7?. The molecule has 0 aliphatic carbocycles. The summed E-state index contributed by atoms with van der Waals surface area (Å²) in [4.78, 5) is 3.64. The quantitative estimate of drug-likeness (QED) is 0.477. The Morgan fingerprint density at radius 3 is 2.50 bits per heavy atom. The fourth-order valence-corrected chi connectivity index (χ4v) is 0.525. The van der Waals surface area contributed by atoms with Crippen LogP contribution in [0.5, 0.6) is 0 Å². The zero-order valence-corrected chi connectivity index (χ0v) is 7.05. The van der Waals surface area contributed by atoms with Crippen LogP contribution in [0, 0.1) is 0 Å². The van der Waals surface area contributed by atoms with Crippen molar-refractivity contribution in [3.05, 3.63) is 24.4 Å². The van der Waals surface area contributed by atoms with Gasteiger partial charge in [0, 0.05) is 5.70 Å². The number of halogens is 2. The summed E-state index contributed by atoms with van der Waals surface area (Å²) in [6.45, 7) is 3.87. The minimum absolute atomic E-state index is 0.125. The molecule has 0 aliphatic heterocycles. The van der Waals surface area contributed by atoms with Gasteiger partial charge in [-0.2, -0.15) is 8.78 Å². The third-order valence-electron chi connectivity index (χ3n) is 0.820. The monoisotopic (exact) mass is 175 g/mol. The fourth-order valence-electron chi connectivity index (χ4n) is 0.525. The summed E-state index contributed by atoms with van der Waals surface area (Å²) in [6, 6.07) is 0. The Kier molecular flexibility index (Phi) is 4.92. The zero-order chi connectivity index (χ0) is 9.56. The van der Waals surface area contributed by atoms with Gasteiger partial charge in [0.25, 0.3) is 0 Å². The van der Waals surface area contributed by atoms with E-state index in [0.717, 1.165) is 0 Å². The predicted molar refractivity (Wildman–Crippen MR) is 44.2 cm³/mol. The van der Waals surface area contributed by atoms with Crippen molar-refractivity contribution in [2.45, 2.75) is 20.5 Å². The Balaban J connectivity index is 4.33. The van der Waals surface area contributed by atoms with Gasteiger partial charge in [0.2, 0.25) is 5.90 Å². The van der Waals surface area contributed by atoms with Gasteiger partial charge in [-0.05, 0) is 19.9 Å². The zero-order valence-electron chi connectivity index (χ0n) is 7.05. The Morgan fingerprint density at radius 2 is 2.17 bits per heavy atom. The SMILES string of the molecule is C=C(C)N=C(/C=C\C)OC(F)F. The van der Waals surface area contributed by atoms with Crippen molar-refractivity contribution in [2.75, 3.05) is 0 Å². The molecular weight excluding hydrogens is 164 g/mol. The molecule has 68 valence electrons. The van der Waals surface area contributed by atoms with Gasteiger partial charge in [-0.25, -0.2) is 4.99 Å². The second-order valence-corrected chi connectivity index (χ2v) is 2.06. The molecule has 0 unspecified atom stereocenters. The Labute approximate surface area is 70.3 Å². The molecule has 0 heterocycles. The van der Waals surface area contributed by atoms with E-state index in [-0.39, 0.29) is 5.90 Å². The summed E-state index contributed by atoms with van der Waals surface area (Å²) in [7, 11) is 0. The second-order valence-electron chi connectivity index (χ2n) is 2.06. The van der Waals surface area contributed by atoms with Crippen molar-refractivity contribution < 1.29 is 13.5 Å². The van der Waals surface area contributed by atoms with Crippen molar-refractivity contribution >= 4 is 5.90 Å². The highest BCUT2D eigenvalue weighted by Gasteiger charge is 2.04. The first-order chi connectivity index (χ1) is 5.56. The first kappa shape index (κ1) is 10.8. The summed E-state index contributed by atoms with van der Waals surface area (Å²) in [6.07, 6.45) is 2.91. The van der Waals surface area contributed by atoms with E-state index in [4.69, 9.17) is 0 Å². The van der Waals surface area contributed by atoms with E-state index in [1.807, 2.05) is 0 Å². The smallest absolute Gasteiger partial charge is 0.388 e. The second kappa shape index (κ2) is 5.46. The van der Waals surface area contributed by atoms with Crippen molar-refractivity contribution in [3.8, 4) is 0 Å². The average Bonchev–Trinajstić information content (AvgIpc) is 1.84. The van der Waals surface area contributed by atoms with Crippen LogP contribution in [0.2, 0.25) is 0 Å². The minimum atomic E-state index is -2.85. The Hall–Kier alpha value is -1.19. The lowest BCUT2D eigenvalue weighted by molar-refractivity contribution is -0.0593. The predicted octanol–water partition coefficient (Wildman–Crippen LogP) is 2.73. The van der Waals surface area contributed by atoms with Crippen LogP contribution in [-0.2, 0) is 4.74 Å². The van der Waals surface area contributed by atoms with Gasteiger partial charge in [-0.15, -0.1) is 0 Å². The summed E-state index contributed by atoms with van der Waals surface area (Å²) in [5.41, 5.74) is 0.420. The molecule has 0 atom stereocenters. The molecule has 0 fully saturated rings. The van der Waals surface area contributed by atoms with E-state index in [1.54, 1.807) is 19.9 Å². The maximum absolute atomic E-state index is 11.7. The highest BCUT2D eigenvalue weighted by Crippen LogP contribution is 2.01. The molecule has 0 spiro atoms. The van der Waals surface area contributed by atoms with Crippen LogP contribution in [0.15, 0.2) is 29.4 Å². The lowest BCUT2D eigenvalue weighted by atomic mass is 10.5. The van der Waals surface area contributed by atoms with Gasteiger partial charge in [0.1, 0.15) is 0 Å². The molecule has 0 radical (unpaired) electrons. The number of allylic oxidation sites excluding steroid dienone is 2. The molecule has 0 amide bonds. The van der Waals surface area contributed by atoms with E-state index >= 15 is 0 Å². The Morgan fingerprint density at radius 1 is 1.58 bits per heavy atom. The van der Waals surface area contributed by atoms with E-state index in [1.165, 1.54) is 6.08 Å². The summed E-state index contributed by atoms with van der Waals surface area (Å²) in [5, 5.41) is 0. The molecule has 0 aromatic carbocycles. The van der Waals surface area contributed by atoms with Gasteiger partial charge in [0.05, 0.1) is 0 Å². The first-order valence-corrected chi connectivity index (χ1v) is 3.38. The van der Waals surface area contributed by atoms with E-state index in [2.05, 4.69) is 16.3 Å². The van der Waals surface area contributed by atoms with Crippen LogP contribution >= 0.6 is 0 Å². The molecule has 4 heteroatoms. The number of rotatable bonds is 3. The topological polar surface area (TPSA) is 21.6 Å². The van der Waals surface area contributed by atoms with Crippen molar-refractivity contribution in [2.24, 2.45) is 4.99 Å². The number of alkyl halides is 2. The largest absolute Gasteiger partial charge is 0.417 e. The normalized spacial score (nSPS) is 12.6. The molecule has 0 aromatic rings. The maximum Gasteiger partial charge on any atom is 0.388 e. The van der Waals surface area contributed by atoms with Crippen LogP contribution in [0.25, 0.3) is 0 Å². The highest BCUT2D eigenvalue weighted by molar-refractivity contribution is 5.88. The molecule has 0 N–H and O–H groups in total. The van der Waals surface area contributed by atoms with Crippen molar-refractivity contribution in [3.63, 3.8) is 0 Å². The number of hydrogen-bond donors (Lipinski definition) is 0. The third kappa shape index (κ3) is 5.58. The van der Waals surface area contributed by atoms with Crippen molar-refractivity contribution in [1.82, 2.24) is 0 Å². The molecule has 0 bridgehead atoms. The summed E-state index contributed by atoms with van der Waals surface area (Å²) in [5.74, 6) is -0.125. The molecule has 0 aromatic heterocycles. The van der Waals surface area contributed by atoms with Gasteiger partial charge in [0.15, 0.2) is 0 Å². The van der Waals surface area contributed by atoms with Gasteiger partial charge < -0.3 is 4.74 Å². The molecule has 2 nitrogen and oxygen atoms in total. The number of nitrogens with zero attached hydrogens (tertiary/aromatic N) is 1. The maximum atomic E-state index is 11.7. The van der Waals surface area contributed by atoms with E-state index < -0.39 is 6.61 Å². The molecule has 12 heavy (non-hydrogen) atoms. The average molecular weight is 175 g/mol. The van der Waals surface area contributed by atoms with Crippen LogP contribution in [0.3, 0.4) is 0 Å². The van der Waals surface area contributed by atoms with Gasteiger partial charge in [-0.3, -0.25) is 0 Å². The Bertz CT molecular complexity index is 209. The van der Waals surface area contributed by atoms with Crippen LogP contribution < -0.4 is 0 Å². The lowest BCUT2D eigenvalue weighted by Gasteiger charge is -2.02. The number of ether oxygens (including phenoxy) is 1. The van der Waals surface area contributed by atoms with Gasteiger partial charge in [-0.1, -0.05) is 12.7 Å². The molecular formula is C8H11F2NO. The molecule has 0 aliphatic rings. The van der Waals surface area contributed by atoms with Crippen LogP contribution in [-0.4, -0.2) is 12.5 Å². The van der Waals surface area contributed by atoms with Crippen LogP contribution in [0.4, 0.5) is 8.78 Å². The number of hydrogen-bond acceptors (Lipinski definition) is 2. The van der Waals surface area contributed by atoms with Crippen molar-refractivity contribution in [1.29, 1.82) is 0 Å². The van der Waals surface area contributed by atoms with E-state index in [9.17, 15) is 8.78 Å². The minimum Gasteiger partial charge on any atom is -0.417 e. The van der Waals surface area contributed by atoms with Crippen LogP contribution in [0.1, 0.15) is 13.8 Å². The third-order valence-corrected chi connectivity index (χ3v) is 0.820. The van der Waals surface area contributed by atoms with Gasteiger partial charge >= 0.3 is 6.61 Å². The lowest BCUT2D eigenvalue weighted by Crippen LogP contribution is -2.06. The fraction of sp³-hybridized carbons (Fsp3) is 0.375. The first-order valence-electron chi connectivity index (χ1n) is 3.38. The molecule has 0 saturated heterocycles. The highest BCUT2D eigenvalue weighted by atomic mass is 19.3. The molecule has 0 rings (SSSR count). The van der Waals surface area contributed by atoms with E-state index in [0.29, 0.717) is 5.70 Å². The summed E-state index contributed by atoms with van der Waals surface area (Å²) < 4.78 is 27.5. The number of aliphatic imine (C=N–C) groups is 1. The summed E-state index contributed by atoms with van der Waals surface area (Å²) >= 11 is 0. The molecule has 0 saturated carbocycles.